The highest BCUT2D eigenvalue weighted by Gasteiger charge is 2.26. The van der Waals surface area contributed by atoms with Gasteiger partial charge in [-0.3, -0.25) is 4.90 Å². The third kappa shape index (κ3) is 6.27. The van der Waals surface area contributed by atoms with Crippen LogP contribution >= 0.6 is 0 Å². The number of rotatable bonds is 9. The van der Waals surface area contributed by atoms with E-state index in [9.17, 15) is 0 Å². The molecule has 114 valence electrons. The summed E-state index contributed by atoms with van der Waals surface area (Å²) in [5.41, 5.74) is 6.04. The van der Waals surface area contributed by atoms with Crippen LogP contribution in [0.1, 0.15) is 85.0 Å². The predicted octanol–water partition coefficient (Wildman–Crippen LogP) is 4.33. The monoisotopic (exact) mass is 268 g/mol. The van der Waals surface area contributed by atoms with E-state index in [2.05, 4.69) is 25.7 Å². The molecule has 2 nitrogen and oxygen atoms in total. The van der Waals surface area contributed by atoms with E-state index in [0.717, 1.165) is 12.1 Å². The summed E-state index contributed by atoms with van der Waals surface area (Å²) in [5.74, 6) is 0. The van der Waals surface area contributed by atoms with Gasteiger partial charge in [0.25, 0.3) is 0 Å². The van der Waals surface area contributed by atoms with Gasteiger partial charge in [-0.2, -0.15) is 0 Å². The van der Waals surface area contributed by atoms with Gasteiger partial charge in [0.05, 0.1) is 0 Å². The summed E-state index contributed by atoms with van der Waals surface area (Å²) < 4.78 is 0. The van der Waals surface area contributed by atoms with Crippen molar-refractivity contribution in [1.82, 2.24) is 4.90 Å². The summed E-state index contributed by atoms with van der Waals surface area (Å²) in [4.78, 5) is 2.79. The second-order valence-corrected chi connectivity index (χ2v) is 6.50. The zero-order chi connectivity index (χ0) is 14.1. The molecular formula is C17H36N2. The van der Waals surface area contributed by atoms with Gasteiger partial charge in [0, 0.05) is 18.1 Å². The molecule has 0 radical (unpaired) electrons. The summed E-state index contributed by atoms with van der Waals surface area (Å²) in [7, 11) is 0. The third-order valence-electron chi connectivity index (χ3n) is 4.73. The molecule has 1 fully saturated rings. The molecule has 2 N–H and O–H groups in total. The Kier molecular flexibility index (Phi) is 8.72. The Hall–Kier alpha value is -0.0800. The molecule has 0 spiro atoms. The zero-order valence-corrected chi connectivity index (χ0v) is 13.5. The zero-order valence-electron chi connectivity index (χ0n) is 13.5. The number of nitrogens with zero attached hydrogens (tertiary/aromatic N) is 1. The molecule has 1 saturated carbocycles. The molecule has 0 saturated heterocycles. The van der Waals surface area contributed by atoms with Crippen LogP contribution in [0, 0.1) is 0 Å². The molecule has 0 aromatic rings. The molecule has 1 unspecified atom stereocenters. The molecule has 1 aliphatic carbocycles. The maximum Gasteiger partial charge on any atom is 0.00992 e. The Bertz CT molecular complexity index is 209. The maximum absolute atomic E-state index is 6.04. The molecule has 0 heterocycles. The molecule has 0 aromatic carbocycles. The van der Waals surface area contributed by atoms with Crippen molar-refractivity contribution in [3.8, 4) is 0 Å². The van der Waals surface area contributed by atoms with E-state index in [0.29, 0.717) is 6.04 Å². The number of hydrogen-bond acceptors (Lipinski definition) is 2. The van der Waals surface area contributed by atoms with Crippen LogP contribution in [-0.2, 0) is 0 Å². The van der Waals surface area contributed by atoms with Gasteiger partial charge >= 0.3 is 0 Å². The van der Waals surface area contributed by atoms with Gasteiger partial charge in [0.15, 0.2) is 0 Å². The lowest BCUT2D eigenvalue weighted by molar-refractivity contribution is 0.101. The molecule has 0 aromatic heterocycles. The largest absolute Gasteiger partial charge is 0.328 e. The van der Waals surface area contributed by atoms with Gasteiger partial charge in [-0.25, -0.2) is 0 Å². The fourth-order valence-corrected chi connectivity index (χ4v) is 3.49. The minimum Gasteiger partial charge on any atom is -0.328 e. The van der Waals surface area contributed by atoms with Crippen LogP contribution in [0.2, 0.25) is 0 Å². The van der Waals surface area contributed by atoms with Crippen molar-refractivity contribution in [3.05, 3.63) is 0 Å². The fraction of sp³-hybridized carbons (Fsp3) is 1.00. The van der Waals surface area contributed by atoms with Crippen LogP contribution in [0.25, 0.3) is 0 Å². The average Bonchev–Trinajstić information content (AvgIpc) is 2.42. The second kappa shape index (κ2) is 9.77. The van der Waals surface area contributed by atoms with Crippen LogP contribution < -0.4 is 5.73 Å². The Morgan fingerprint density at radius 1 is 1.00 bits per heavy atom. The van der Waals surface area contributed by atoms with Crippen LogP contribution in [0.5, 0.6) is 0 Å². The Labute approximate surface area is 121 Å². The van der Waals surface area contributed by atoms with E-state index in [1.165, 1.54) is 70.8 Å². The highest BCUT2D eigenvalue weighted by molar-refractivity contribution is 4.83. The van der Waals surface area contributed by atoms with E-state index in [4.69, 9.17) is 5.73 Å². The highest BCUT2D eigenvalue weighted by Crippen LogP contribution is 2.25. The minimum atomic E-state index is 0.472. The normalized spacial score (nSPS) is 25.7. The molecule has 1 rings (SSSR count). The first-order valence-electron chi connectivity index (χ1n) is 8.70. The first-order valence-corrected chi connectivity index (χ1v) is 8.70. The average molecular weight is 268 g/mol. The Morgan fingerprint density at radius 3 is 2.26 bits per heavy atom. The van der Waals surface area contributed by atoms with E-state index in [-0.39, 0.29) is 0 Å². The number of unbranched alkanes of at least 4 members (excludes halogenated alkanes) is 3. The van der Waals surface area contributed by atoms with Crippen molar-refractivity contribution in [2.24, 2.45) is 5.73 Å². The van der Waals surface area contributed by atoms with Gasteiger partial charge < -0.3 is 5.73 Å². The minimum absolute atomic E-state index is 0.472. The SMILES string of the molecule is CCCCCCC(C)N(CCC)C1CCC(N)CC1. The highest BCUT2D eigenvalue weighted by atomic mass is 15.2. The first-order chi connectivity index (χ1) is 9.19. The van der Waals surface area contributed by atoms with E-state index < -0.39 is 0 Å². The Morgan fingerprint density at radius 2 is 1.68 bits per heavy atom. The topological polar surface area (TPSA) is 29.3 Å². The summed E-state index contributed by atoms with van der Waals surface area (Å²) in [6.07, 6.45) is 13.3. The van der Waals surface area contributed by atoms with Crippen molar-refractivity contribution >= 4 is 0 Å². The lowest BCUT2D eigenvalue weighted by Crippen LogP contribution is -2.45. The van der Waals surface area contributed by atoms with E-state index >= 15 is 0 Å². The van der Waals surface area contributed by atoms with Gasteiger partial charge in [-0.15, -0.1) is 0 Å². The van der Waals surface area contributed by atoms with Gasteiger partial charge in [0.1, 0.15) is 0 Å². The number of hydrogen-bond donors (Lipinski definition) is 1. The summed E-state index contributed by atoms with van der Waals surface area (Å²) >= 11 is 0. The predicted molar refractivity (Wildman–Crippen MR) is 85.4 cm³/mol. The quantitative estimate of drug-likeness (QED) is 0.631. The van der Waals surface area contributed by atoms with Gasteiger partial charge in [-0.05, 0) is 52.0 Å². The molecule has 1 aliphatic rings. The fourth-order valence-electron chi connectivity index (χ4n) is 3.49. The van der Waals surface area contributed by atoms with Crippen LogP contribution in [0.3, 0.4) is 0 Å². The lowest BCUT2D eigenvalue weighted by Gasteiger charge is -2.40. The van der Waals surface area contributed by atoms with Crippen LogP contribution in [0.15, 0.2) is 0 Å². The van der Waals surface area contributed by atoms with Crippen molar-refractivity contribution < 1.29 is 0 Å². The van der Waals surface area contributed by atoms with Crippen LogP contribution in [-0.4, -0.2) is 29.6 Å². The smallest absolute Gasteiger partial charge is 0.00992 e. The van der Waals surface area contributed by atoms with Gasteiger partial charge in [0.2, 0.25) is 0 Å². The van der Waals surface area contributed by atoms with Crippen molar-refractivity contribution in [3.63, 3.8) is 0 Å². The summed E-state index contributed by atoms with van der Waals surface area (Å²) in [5, 5.41) is 0. The molecule has 0 amide bonds. The summed E-state index contributed by atoms with van der Waals surface area (Å²) in [6, 6.07) is 2.04. The molecule has 0 aliphatic heterocycles. The number of nitrogens with two attached hydrogens (primary N) is 1. The van der Waals surface area contributed by atoms with Gasteiger partial charge in [-0.1, -0.05) is 39.5 Å². The summed E-state index contributed by atoms with van der Waals surface area (Å²) in [6.45, 7) is 8.31. The van der Waals surface area contributed by atoms with Crippen LogP contribution in [0.4, 0.5) is 0 Å². The second-order valence-electron chi connectivity index (χ2n) is 6.50. The van der Waals surface area contributed by atoms with Crippen molar-refractivity contribution in [1.29, 1.82) is 0 Å². The molecule has 1 atom stereocenters. The standard InChI is InChI=1S/C17H36N2/c1-4-6-7-8-9-15(3)19(14-5-2)17-12-10-16(18)11-13-17/h15-17H,4-14,18H2,1-3H3. The third-order valence-corrected chi connectivity index (χ3v) is 4.73. The first kappa shape index (κ1) is 17.0. The molecular weight excluding hydrogens is 232 g/mol. The van der Waals surface area contributed by atoms with E-state index in [1.54, 1.807) is 0 Å². The molecule has 2 heteroatoms. The Balaban J connectivity index is 2.37. The van der Waals surface area contributed by atoms with Crippen molar-refractivity contribution in [2.75, 3.05) is 6.54 Å². The van der Waals surface area contributed by atoms with Crippen molar-refractivity contribution in [2.45, 2.75) is 103 Å². The molecule has 19 heavy (non-hydrogen) atoms. The molecule has 0 bridgehead atoms. The maximum atomic E-state index is 6.04. The lowest BCUT2D eigenvalue weighted by atomic mass is 9.89. The van der Waals surface area contributed by atoms with E-state index in [1.807, 2.05) is 0 Å².